The number of nitrogen functional groups attached to an aromatic ring is 1. The van der Waals surface area contributed by atoms with Crippen molar-refractivity contribution in [2.75, 3.05) is 12.3 Å². The first kappa shape index (κ1) is 12.6. The molecule has 1 unspecified atom stereocenters. The van der Waals surface area contributed by atoms with Crippen LogP contribution in [0.5, 0.6) is 0 Å². The van der Waals surface area contributed by atoms with Gasteiger partial charge in [0, 0.05) is 6.61 Å². The normalized spacial score (nSPS) is 18.1. The number of benzene rings is 1. The fourth-order valence-corrected chi connectivity index (χ4v) is 2.39. The lowest BCUT2D eigenvalue weighted by Crippen LogP contribution is -2.03. The first-order chi connectivity index (χ1) is 9.70. The molecule has 3 rings (SSSR count). The van der Waals surface area contributed by atoms with Crippen LogP contribution in [0.3, 0.4) is 0 Å². The summed E-state index contributed by atoms with van der Waals surface area (Å²) in [5.41, 5.74) is 7.29. The number of rotatable bonds is 2. The maximum absolute atomic E-state index is 13.3. The van der Waals surface area contributed by atoms with Gasteiger partial charge >= 0.3 is 0 Å². The molecule has 1 aromatic carbocycles. The van der Waals surface area contributed by atoms with Crippen LogP contribution in [0, 0.1) is 17.1 Å². The maximum atomic E-state index is 13.3. The van der Waals surface area contributed by atoms with Crippen molar-refractivity contribution in [2.24, 2.45) is 0 Å². The number of hydrogen-bond acceptors (Lipinski definition) is 4. The van der Waals surface area contributed by atoms with E-state index in [1.54, 1.807) is 12.1 Å². The van der Waals surface area contributed by atoms with Crippen LogP contribution in [0.1, 0.15) is 30.2 Å². The van der Waals surface area contributed by atoms with E-state index in [4.69, 9.17) is 10.5 Å². The van der Waals surface area contributed by atoms with Gasteiger partial charge in [0.25, 0.3) is 0 Å². The summed E-state index contributed by atoms with van der Waals surface area (Å²) < 4.78 is 20.2. The molecule has 1 atom stereocenters. The quantitative estimate of drug-likeness (QED) is 0.910. The first-order valence-corrected chi connectivity index (χ1v) is 6.36. The van der Waals surface area contributed by atoms with Crippen molar-refractivity contribution in [3.63, 3.8) is 0 Å². The molecule has 1 aliphatic heterocycles. The van der Waals surface area contributed by atoms with Crippen LogP contribution in [0.25, 0.3) is 5.69 Å². The number of hydrogen-bond donors (Lipinski definition) is 1. The molecule has 6 heteroatoms. The fourth-order valence-electron chi connectivity index (χ4n) is 2.39. The van der Waals surface area contributed by atoms with Crippen LogP contribution in [0.15, 0.2) is 24.3 Å². The van der Waals surface area contributed by atoms with Crippen LogP contribution in [-0.2, 0) is 4.74 Å². The van der Waals surface area contributed by atoms with Crippen molar-refractivity contribution in [1.29, 1.82) is 5.26 Å². The van der Waals surface area contributed by atoms with Crippen LogP contribution in [0.4, 0.5) is 10.2 Å². The Hall–Kier alpha value is -2.39. The lowest BCUT2D eigenvalue weighted by atomic mass is 10.1. The van der Waals surface area contributed by atoms with Gasteiger partial charge in [-0.25, -0.2) is 9.07 Å². The summed E-state index contributed by atoms with van der Waals surface area (Å²) >= 11 is 0. The summed E-state index contributed by atoms with van der Waals surface area (Å²) in [6.45, 7) is 0.655. The zero-order chi connectivity index (χ0) is 14.1. The Labute approximate surface area is 115 Å². The number of nitriles is 1. The number of aromatic nitrogens is 2. The molecule has 0 saturated carbocycles. The number of halogens is 1. The Morgan fingerprint density at radius 2 is 2.35 bits per heavy atom. The molecule has 2 aromatic rings. The third kappa shape index (κ3) is 2.02. The van der Waals surface area contributed by atoms with Crippen molar-refractivity contribution in [1.82, 2.24) is 9.78 Å². The molecule has 1 fully saturated rings. The number of nitrogens with two attached hydrogens (primary N) is 1. The molecule has 1 aromatic heterocycles. The van der Waals surface area contributed by atoms with Crippen molar-refractivity contribution in [3.8, 4) is 11.8 Å². The average molecular weight is 272 g/mol. The number of nitrogens with zero attached hydrogens (tertiary/aromatic N) is 3. The van der Waals surface area contributed by atoms with E-state index in [9.17, 15) is 9.65 Å². The molecule has 102 valence electrons. The minimum atomic E-state index is -0.380. The fraction of sp³-hybridized carbons (Fsp3) is 0.286. The Balaban J connectivity index is 2.11. The topological polar surface area (TPSA) is 76.9 Å². The minimum absolute atomic E-state index is 0.207. The zero-order valence-electron chi connectivity index (χ0n) is 10.7. The van der Waals surface area contributed by atoms with Gasteiger partial charge < -0.3 is 10.5 Å². The number of ether oxygens (including phenoxy) is 1. The van der Waals surface area contributed by atoms with Gasteiger partial charge in [-0.3, -0.25) is 0 Å². The van der Waals surface area contributed by atoms with Gasteiger partial charge in [0.2, 0.25) is 0 Å². The van der Waals surface area contributed by atoms with Gasteiger partial charge in [0.1, 0.15) is 35.1 Å². The summed E-state index contributed by atoms with van der Waals surface area (Å²) in [4.78, 5) is 0. The van der Waals surface area contributed by atoms with Crippen molar-refractivity contribution < 1.29 is 9.13 Å². The van der Waals surface area contributed by atoms with Crippen LogP contribution < -0.4 is 5.73 Å². The average Bonchev–Trinajstić information content (AvgIpc) is 3.05. The molecule has 0 amide bonds. The summed E-state index contributed by atoms with van der Waals surface area (Å²) in [7, 11) is 0. The van der Waals surface area contributed by atoms with E-state index >= 15 is 0 Å². The lowest BCUT2D eigenvalue weighted by Gasteiger charge is -2.05. The highest BCUT2D eigenvalue weighted by molar-refractivity contribution is 5.56. The molecule has 5 nitrogen and oxygen atoms in total. The molecular weight excluding hydrogens is 259 g/mol. The highest BCUT2D eigenvalue weighted by Crippen LogP contribution is 2.33. The maximum Gasteiger partial charge on any atom is 0.145 e. The third-order valence-electron chi connectivity index (χ3n) is 3.35. The molecule has 0 aliphatic carbocycles. The van der Waals surface area contributed by atoms with Gasteiger partial charge in [0.05, 0.1) is 5.69 Å². The predicted molar refractivity (Wildman–Crippen MR) is 70.6 cm³/mol. The number of anilines is 1. The molecule has 2 heterocycles. The molecule has 1 aliphatic rings. The minimum Gasteiger partial charge on any atom is -0.382 e. The smallest absolute Gasteiger partial charge is 0.145 e. The van der Waals surface area contributed by atoms with E-state index in [1.807, 2.05) is 0 Å². The first-order valence-electron chi connectivity index (χ1n) is 6.36. The Morgan fingerprint density at radius 3 is 3.00 bits per heavy atom. The summed E-state index contributed by atoms with van der Waals surface area (Å²) in [5, 5.41) is 13.6. The van der Waals surface area contributed by atoms with Gasteiger partial charge in [-0.15, -0.1) is 0 Å². The molecular formula is C14H13FN4O. The second kappa shape index (κ2) is 4.94. The molecule has 2 N–H and O–H groups in total. The van der Waals surface area contributed by atoms with Crippen molar-refractivity contribution in [3.05, 3.63) is 41.3 Å². The second-order valence-electron chi connectivity index (χ2n) is 4.65. The molecule has 20 heavy (non-hydrogen) atoms. The van der Waals surface area contributed by atoms with E-state index in [1.165, 1.54) is 16.8 Å². The van der Waals surface area contributed by atoms with Gasteiger partial charge in [-0.2, -0.15) is 10.4 Å². The summed E-state index contributed by atoms with van der Waals surface area (Å²) in [6, 6.07) is 7.99. The van der Waals surface area contributed by atoms with E-state index < -0.39 is 0 Å². The third-order valence-corrected chi connectivity index (χ3v) is 3.35. The molecule has 0 radical (unpaired) electrons. The van der Waals surface area contributed by atoms with Crippen molar-refractivity contribution in [2.45, 2.75) is 18.9 Å². The summed E-state index contributed by atoms with van der Waals surface area (Å²) in [5.74, 6) is -0.168. The molecule has 0 bridgehead atoms. The monoisotopic (exact) mass is 272 g/mol. The van der Waals surface area contributed by atoms with Gasteiger partial charge in [-0.05, 0) is 31.0 Å². The van der Waals surface area contributed by atoms with Gasteiger partial charge in [-0.1, -0.05) is 6.07 Å². The van der Waals surface area contributed by atoms with Crippen LogP contribution in [0.2, 0.25) is 0 Å². The molecule has 1 saturated heterocycles. The van der Waals surface area contributed by atoms with Crippen LogP contribution in [-0.4, -0.2) is 16.4 Å². The highest BCUT2D eigenvalue weighted by atomic mass is 19.1. The van der Waals surface area contributed by atoms with E-state index in [2.05, 4.69) is 11.2 Å². The summed E-state index contributed by atoms with van der Waals surface area (Å²) in [6.07, 6.45) is 1.54. The predicted octanol–water partition coefficient (Wildman–Crippen LogP) is 2.32. The van der Waals surface area contributed by atoms with E-state index in [0.717, 1.165) is 12.8 Å². The Kier molecular flexibility index (Phi) is 3.12. The van der Waals surface area contributed by atoms with Crippen molar-refractivity contribution >= 4 is 5.82 Å². The molecule has 0 spiro atoms. The van der Waals surface area contributed by atoms with Crippen LogP contribution >= 0.6 is 0 Å². The van der Waals surface area contributed by atoms with E-state index in [0.29, 0.717) is 23.6 Å². The Bertz CT molecular complexity index is 683. The standard InChI is InChI=1S/C14H13FN4O/c15-9-3-1-4-10(7-9)19-14(17)11(8-16)13(18-19)12-5-2-6-20-12/h1,3-4,7,12H,2,5-6,17H2. The zero-order valence-corrected chi connectivity index (χ0v) is 10.7. The SMILES string of the molecule is N#Cc1c(C2CCCO2)nn(-c2cccc(F)c2)c1N. The second-order valence-corrected chi connectivity index (χ2v) is 4.65. The lowest BCUT2D eigenvalue weighted by molar-refractivity contribution is 0.108. The van der Waals surface area contributed by atoms with E-state index in [-0.39, 0.29) is 17.7 Å². The van der Waals surface area contributed by atoms with Gasteiger partial charge in [0.15, 0.2) is 0 Å². The Morgan fingerprint density at radius 1 is 1.50 bits per heavy atom. The highest BCUT2D eigenvalue weighted by Gasteiger charge is 2.27. The largest absolute Gasteiger partial charge is 0.382 e.